The van der Waals surface area contributed by atoms with Gasteiger partial charge in [-0.25, -0.2) is 0 Å². The minimum absolute atomic E-state index is 0. The maximum atomic E-state index is 10.4. The predicted octanol–water partition coefficient (Wildman–Crippen LogP) is -0.561. The van der Waals surface area contributed by atoms with Crippen LogP contribution in [0.25, 0.3) is 0 Å². The summed E-state index contributed by atoms with van der Waals surface area (Å²) in [6.45, 7) is 4.43. The fraction of sp³-hybridized carbons (Fsp3) is 0.750. The first-order chi connectivity index (χ1) is 5.93. The van der Waals surface area contributed by atoms with E-state index in [1.54, 1.807) is 0 Å². The molecular weight excluding hydrogens is 344 g/mol. The summed E-state index contributed by atoms with van der Waals surface area (Å²) < 4.78 is 0.281. The van der Waals surface area contributed by atoms with Crippen LogP contribution in [0.4, 0.5) is 0 Å². The summed E-state index contributed by atoms with van der Waals surface area (Å²) in [5.74, 6) is -0.739. The van der Waals surface area contributed by atoms with E-state index in [0.29, 0.717) is 6.54 Å². The number of hydrogen-bond donors (Lipinski definition) is 1. The normalized spacial score (nSPS) is 11.6. The molecule has 3 nitrogen and oxygen atoms in total. The average molecular weight is 357 g/mol. The molecule has 1 atom stereocenters. The summed E-state index contributed by atoms with van der Waals surface area (Å²) in [4.78, 5) is 10.4. The Balaban J connectivity index is 0. The minimum atomic E-state index is -1.03. The van der Waals surface area contributed by atoms with E-state index in [0.717, 1.165) is 0 Å². The molecule has 14 heavy (non-hydrogen) atoms. The number of hydrogen-bond acceptors (Lipinski definition) is 4. The maximum absolute atomic E-state index is 10.4. The molecule has 1 unspecified atom stereocenters. The molecule has 0 bridgehead atoms. The molecule has 0 spiro atoms. The van der Waals surface area contributed by atoms with Gasteiger partial charge in [-0.05, 0) is 18.3 Å². The SMILES string of the molecule is CC(C)C(CNC(=S)[S-])CC(=O)[O-].[Ba+2]. The minimum Gasteiger partial charge on any atom is -0.550 e. The van der Waals surface area contributed by atoms with Crippen molar-refractivity contribution in [3.8, 4) is 0 Å². The van der Waals surface area contributed by atoms with E-state index < -0.39 is 5.97 Å². The van der Waals surface area contributed by atoms with Crippen molar-refractivity contribution in [1.82, 2.24) is 5.32 Å². The molecule has 0 radical (unpaired) electrons. The van der Waals surface area contributed by atoms with Crippen molar-refractivity contribution in [1.29, 1.82) is 0 Å². The monoisotopic (exact) mass is 357 g/mol. The van der Waals surface area contributed by atoms with Gasteiger partial charge in [0.05, 0.1) is 0 Å². The third kappa shape index (κ3) is 9.70. The molecule has 0 saturated carbocycles. The van der Waals surface area contributed by atoms with Crippen LogP contribution in [0, 0.1) is 11.8 Å². The molecular formula is C8H13BaNO2S2. The van der Waals surface area contributed by atoms with Crippen molar-refractivity contribution in [2.24, 2.45) is 11.8 Å². The molecule has 0 aromatic heterocycles. The van der Waals surface area contributed by atoms with Crippen LogP contribution in [0.15, 0.2) is 0 Å². The van der Waals surface area contributed by atoms with Gasteiger partial charge in [-0.3, -0.25) is 0 Å². The van der Waals surface area contributed by atoms with Gasteiger partial charge in [-0.15, -0.1) is 0 Å². The number of nitrogens with one attached hydrogen (secondary N) is 1. The smallest absolute Gasteiger partial charge is 0.550 e. The van der Waals surface area contributed by atoms with Crippen LogP contribution >= 0.6 is 12.2 Å². The summed E-state index contributed by atoms with van der Waals surface area (Å²) in [5.41, 5.74) is 0. The number of carbonyl (C=O) groups is 1. The Bertz CT molecular complexity index is 200. The van der Waals surface area contributed by atoms with Crippen LogP contribution in [-0.2, 0) is 17.4 Å². The molecule has 0 fully saturated rings. The summed E-state index contributed by atoms with van der Waals surface area (Å²) in [6.07, 6.45) is 0.0443. The van der Waals surface area contributed by atoms with Gasteiger partial charge in [0.2, 0.25) is 0 Å². The van der Waals surface area contributed by atoms with Gasteiger partial charge >= 0.3 is 48.9 Å². The van der Waals surface area contributed by atoms with Crippen LogP contribution in [0.3, 0.4) is 0 Å². The van der Waals surface area contributed by atoms with Gasteiger partial charge in [0.25, 0.3) is 0 Å². The molecule has 0 aromatic carbocycles. The van der Waals surface area contributed by atoms with E-state index in [1.165, 1.54) is 0 Å². The number of carboxylic acids is 1. The molecule has 0 aromatic rings. The molecule has 0 aliphatic carbocycles. The van der Waals surface area contributed by atoms with Gasteiger partial charge < -0.3 is 40.1 Å². The number of rotatable bonds is 5. The van der Waals surface area contributed by atoms with E-state index in [9.17, 15) is 9.90 Å². The van der Waals surface area contributed by atoms with Crippen molar-refractivity contribution in [3.05, 3.63) is 0 Å². The molecule has 0 saturated heterocycles. The van der Waals surface area contributed by atoms with E-state index in [1.807, 2.05) is 13.8 Å². The van der Waals surface area contributed by atoms with Crippen molar-refractivity contribution >= 4 is 84.0 Å². The van der Waals surface area contributed by atoms with Gasteiger partial charge in [0.15, 0.2) is 0 Å². The van der Waals surface area contributed by atoms with E-state index >= 15 is 0 Å². The standard InChI is InChI=1S/C8H15NO2S2.Ba/c1-5(2)6(3-7(10)11)4-9-8(12)13;/h5-6H,3-4H2,1-2H3,(H,10,11)(H2,9,12,13);/q;+2/p-2. The third-order valence-electron chi connectivity index (χ3n) is 1.88. The van der Waals surface area contributed by atoms with Crippen molar-refractivity contribution in [2.45, 2.75) is 20.3 Å². The quantitative estimate of drug-likeness (QED) is 0.407. The second-order valence-electron chi connectivity index (χ2n) is 3.25. The largest absolute Gasteiger partial charge is 2.00 e. The summed E-state index contributed by atoms with van der Waals surface area (Å²) in [6, 6.07) is 0. The first-order valence-corrected chi connectivity index (χ1v) is 4.89. The van der Waals surface area contributed by atoms with E-state index in [-0.39, 0.29) is 71.5 Å². The molecule has 0 rings (SSSR count). The predicted molar refractivity (Wildman–Crippen MR) is 61.7 cm³/mol. The summed E-state index contributed by atoms with van der Waals surface area (Å²) >= 11 is 9.31. The van der Waals surface area contributed by atoms with Gasteiger partial charge in [0, 0.05) is 12.5 Å². The molecule has 0 amide bonds. The number of aliphatic carboxylic acids is 1. The topological polar surface area (TPSA) is 52.2 Å². The van der Waals surface area contributed by atoms with E-state index in [2.05, 4.69) is 30.2 Å². The first kappa shape index (κ1) is 17.5. The second-order valence-corrected chi connectivity index (χ2v) is 4.32. The Kier molecular flexibility index (Phi) is 11.8. The average Bonchev–Trinajstić information content (AvgIpc) is 1.96. The molecule has 0 aliphatic rings. The van der Waals surface area contributed by atoms with Gasteiger partial charge in [-0.2, -0.15) is 0 Å². The van der Waals surface area contributed by atoms with Crippen molar-refractivity contribution in [2.75, 3.05) is 6.54 Å². The van der Waals surface area contributed by atoms with Crippen molar-refractivity contribution in [3.63, 3.8) is 0 Å². The third-order valence-corrected chi connectivity index (χ3v) is 2.17. The second kappa shape index (κ2) is 9.38. The summed E-state index contributed by atoms with van der Waals surface area (Å²) in [7, 11) is 0. The van der Waals surface area contributed by atoms with Crippen LogP contribution in [0.2, 0.25) is 0 Å². The molecule has 0 heterocycles. The van der Waals surface area contributed by atoms with Crippen LogP contribution in [0.1, 0.15) is 20.3 Å². The first-order valence-electron chi connectivity index (χ1n) is 4.08. The number of thiocarbonyl (C=S) groups is 1. The molecule has 76 valence electrons. The Morgan fingerprint density at radius 2 is 2.07 bits per heavy atom. The Morgan fingerprint density at radius 1 is 1.57 bits per heavy atom. The fourth-order valence-corrected chi connectivity index (χ4v) is 1.14. The Morgan fingerprint density at radius 3 is 2.36 bits per heavy atom. The maximum Gasteiger partial charge on any atom is 2.00 e. The number of carbonyl (C=O) groups excluding carboxylic acids is 1. The summed E-state index contributed by atoms with van der Waals surface area (Å²) in [5, 5.41) is 13.1. The Labute approximate surface area is 136 Å². The van der Waals surface area contributed by atoms with Crippen LogP contribution in [0.5, 0.6) is 0 Å². The van der Waals surface area contributed by atoms with E-state index in [4.69, 9.17) is 0 Å². The number of carboxylic acid groups (broad SMARTS) is 1. The van der Waals surface area contributed by atoms with Crippen molar-refractivity contribution < 1.29 is 9.90 Å². The van der Waals surface area contributed by atoms with Gasteiger partial charge in [0.1, 0.15) is 0 Å². The molecule has 6 heteroatoms. The molecule has 1 N–H and O–H groups in total. The zero-order chi connectivity index (χ0) is 10.4. The fourth-order valence-electron chi connectivity index (χ4n) is 0.972. The molecule has 0 aliphatic heterocycles. The zero-order valence-electron chi connectivity index (χ0n) is 8.41. The van der Waals surface area contributed by atoms with Crippen LogP contribution in [-0.4, -0.2) is 65.7 Å². The zero-order valence-corrected chi connectivity index (χ0v) is 14.5. The Hall–Kier alpha value is 1.15. The van der Waals surface area contributed by atoms with Crippen LogP contribution < -0.4 is 10.4 Å². The van der Waals surface area contributed by atoms with Gasteiger partial charge in [-0.1, -0.05) is 18.2 Å².